The van der Waals surface area contributed by atoms with Gasteiger partial charge in [0.1, 0.15) is 0 Å². The Morgan fingerprint density at radius 1 is 1.47 bits per heavy atom. The maximum absolute atomic E-state index is 11.4. The molecule has 1 unspecified atom stereocenters. The lowest BCUT2D eigenvalue weighted by Crippen LogP contribution is -2.22. The Morgan fingerprint density at radius 2 is 2.06 bits per heavy atom. The van der Waals surface area contributed by atoms with E-state index in [1.165, 1.54) is 12.3 Å². The summed E-state index contributed by atoms with van der Waals surface area (Å²) < 4.78 is 46.6. The quantitative estimate of drug-likeness (QED) is 0.787. The molecule has 98 valence electrons. The molecule has 17 heavy (non-hydrogen) atoms. The Balaban J connectivity index is 2.84. The van der Waals surface area contributed by atoms with E-state index in [1.807, 2.05) is 4.72 Å². The van der Waals surface area contributed by atoms with E-state index in [4.69, 9.17) is 0 Å². The van der Waals surface area contributed by atoms with Crippen molar-refractivity contribution in [1.82, 2.24) is 4.98 Å². The van der Waals surface area contributed by atoms with Crippen molar-refractivity contribution >= 4 is 36.3 Å². The van der Waals surface area contributed by atoms with Crippen LogP contribution in [0.2, 0.25) is 0 Å². The van der Waals surface area contributed by atoms with Gasteiger partial charge in [-0.25, -0.2) is 21.8 Å². The first kappa shape index (κ1) is 14.4. The van der Waals surface area contributed by atoms with Gasteiger partial charge in [-0.15, -0.1) is 11.3 Å². The van der Waals surface area contributed by atoms with Gasteiger partial charge in [0.25, 0.3) is 0 Å². The lowest BCUT2D eigenvalue weighted by molar-refractivity contribution is 0.195. The second kappa shape index (κ2) is 4.88. The largest absolute Gasteiger partial charge is 0.387 e. The molecule has 1 atom stereocenters. The summed E-state index contributed by atoms with van der Waals surface area (Å²) in [6.45, 7) is 1.49. The van der Waals surface area contributed by atoms with Crippen LogP contribution in [-0.2, 0) is 19.9 Å². The van der Waals surface area contributed by atoms with Gasteiger partial charge >= 0.3 is 0 Å². The minimum atomic E-state index is -3.98. The predicted octanol–water partition coefficient (Wildman–Crippen LogP) is -0.0598. The smallest absolute Gasteiger partial charge is 0.248 e. The van der Waals surface area contributed by atoms with E-state index in [1.54, 1.807) is 0 Å². The van der Waals surface area contributed by atoms with Crippen molar-refractivity contribution in [3.8, 4) is 0 Å². The number of sulfone groups is 1. The van der Waals surface area contributed by atoms with Crippen molar-refractivity contribution < 1.29 is 21.9 Å². The summed E-state index contributed by atoms with van der Waals surface area (Å²) in [6.07, 6.45) is 0.0226. The highest BCUT2D eigenvalue weighted by molar-refractivity contribution is 8.08. The highest BCUT2D eigenvalue weighted by atomic mass is 32.3. The van der Waals surface area contributed by atoms with Gasteiger partial charge < -0.3 is 5.11 Å². The normalized spacial score (nSPS) is 14.5. The molecule has 1 aromatic heterocycles. The zero-order valence-corrected chi connectivity index (χ0v) is 11.6. The summed E-state index contributed by atoms with van der Waals surface area (Å²) in [7, 11) is -7.61. The van der Waals surface area contributed by atoms with Crippen LogP contribution in [0.5, 0.6) is 0 Å². The molecule has 0 bridgehead atoms. The molecular weight excluding hydrogens is 288 g/mol. The lowest BCUT2D eigenvalue weighted by atomic mass is 10.3. The van der Waals surface area contributed by atoms with Crippen molar-refractivity contribution in [3.63, 3.8) is 0 Å². The number of rotatable bonds is 5. The number of aromatic nitrogens is 1. The van der Waals surface area contributed by atoms with Crippen molar-refractivity contribution in [2.24, 2.45) is 0 Å². The summed E-state index contributed by atoms with van der Waals surface area (Å²) >= 11 is 0.975. The number of nitrogens with one attached hydrogen (secondary N) is 1. The number of aliphatic hydroxyl groups is 1. The molecule has 0 aliphatic rings. The summed E-state index contributed by atoms with van der Waals surface area (Å²) in [5, 5.41) is 9.72. The summed E-state index contributed by atoms with van der Waals surface area (Å²) in [4.78, 5) is 3.81. The van der Waals surface area contributed by atoms with Gasteiger partial charge in [0.15, 0.2) is 20.1 Å². The second-order valence-corrected chi connectivity index (χ2v) is 8.60. The topological polar surface area (TPSA) is 113 Å². The van der Waals surface area contributed by atoms with E-state index >= 15 is 0 Å². The first-order chi connectivity index (χ1) is 7.59. The van der Waals surface area contributed by atoms with E-state index in [-0.39, 0.29) is 5.13 Å². The molecule has 1 aromatic rings. The summed E-state index contributed by atoms with van der Waals surface area (Å²) in [5.41, 5.74) is 0.326. The fourth-order valence-corrected chi connectivity index (χ4v) is 4.98. The van der Waals surface area contributed by atoms with Gasteiger partial charge in [0.05, 0.1) is 11.8 Å². The van der Waals surface area contributed by atoms with E-state index < -0.39 is 31.0 Å². The molecular formula is C7H12N2O5S3. The standard InChI is InChI=1S/C7H12N2O5S3/c1-5(10)6-3-15-7(8-6)9-17(13,14)4-16(2,11)12/h3,5,10H,4H2,1-2H3,(H,8,9). The maximum atomic E-state index is 11.4. The molecule has 0 aromatic carbocycles. The van der Waals surface area contributed by atoms with Crippen LogP contribution in [0.4, 0.5) is 5.13 Å². The average Bonchev–Trinajstić information content (AvgIpc) is 2.46. The molecule has 10 heteroatoms. The third kappa shape index (κ3) is 4.98. The molecule has 1 rings (SSSR count). The highest BCUT2D eigenvalue weighted by Crippen LogP contribution is 2.21. The van der Waals surface area contributed by atoms with Gasteiger partial charge in [-0.2, -0.15) is 0 Å². The van der Waals surface area contributed by atoms with Gasteiger partial charge in [-0.3, -0.25) is 4.72 Å². The fourth-order valence-electron chi connectivity index (χ4n) is 0.969. The number of nitrogens with zero attached hydrogens (tertiary/aromatic N) is 1. The van der Waals surface area contributed by atoms with Crippen LogP contribution >= 0.6 is 11.3 Å². The minimum Gasteiger partial charge on any atom is -0.387 e. The van der Waals surface area contributed by atoms with Crippen molar-refractivity contribution in [3.05, 3.63) is 11.1 Å². The summed E-state index contributed by atoms with van der Waals surface area (Å²) in [5.74, 6) is 0. The van der Waals surface area contributed by atoms with E-state index in [2.05, 4.69) is 4.98 Å². The second-order valence-electron chi connectivity index (χ2n) is 3.51. The van der Waals surface area contributed by atoms with E-state index in [0.717, 1.165) is 17.6 Å². The zero-order valence-electron chi connectivity index (χ0n) is 9.11. The lowest BCUT2D eigenvalue weighted by Gasteiger charge is -2.03. The van der Waals surface area contributed by atoms with Crippen molar-refractivity contribution in [2.75, 3.05) is 16.1 Å². The average molecular weight is 300 g/mol. The van der Waals surface area contributed by atoms with E-state index in [0.29, 0.717) is 5.69 Å². The molecule has 0 saturated heterocycles. The molecule has 0 aliphatic carbocycles. The van der Waals surface area contributed by atoms with Gasteiger partial charge in [0, 0.05) is 11.6 Å². The third-order valence-corrected chi connectivity index (χ3v) is 5.93. The van der Waals surface area contributed by atoms with Crippen molar-refractivity contribution in [2.45, 2.75) is 13.0 Å². The molecule has 0 fully saturated rings. The van der Waals surface area contributed by atoms with Crippen LogP contribution in [0.25, 0.3) is 0 Å². The van der Waals surface area contributed by atoms with E-state index in [9.17, 15) is 21.9 Å². The molecule has 7 nitrogen and oxygen atoms in total. The van der Waals surface area contributed by atoms with Crippen LogP contribution < -0.4 is 4.72 Å². The van der Waals surface area contributed by atoms with Gasteiger partial charge in [-0.1, -0.05) is 0 Å². The monoisotopic (exact) mass is 300 g/mol. The van der Waals surface area contributed by atoms with Crippen LogP contribution in [-0.4, -0.2) is 38.3 Å². The molecule has 0 saturated carbocycles. The van der Waals surface area contributed by atoms with Crippen LogP contribution in [0, 0.1) is 0 Å². The molecule has 0 aliphatic heterocycles. The fraction of sp³-hybridized carbons (Fsp3) is 0.571. The number of hydrogen-bond donors (Lipinski definition) is 2. The van der Waals surface area contributed by atoms with Gasteiger partial charge in [0.2, 0.25) is 10.0 Å². The first-order valence-electron chi connectivity index (χ1n) is 4.41. The number of anilines is 1. The van der Waals surface area contributed by atoms with Gasteiger partial charge in [-0.05, 0) is 6.92 Å². The number of thiazole rings is 1. The molecule has 1 heterocycles. The Labute approximate surface area is 103 Å². The third-order valence-electron chi connectivity index (χ3n) is 1.56. The Hall–Kier alpha value is -0.710. The Morgan fingerprint density at radius 3 is 2.47 bits per heavy atom. The van der Waals surface area contributed by atoms with Crippen LogP contribution in [0.15, 0.2) is 5.38 Å². The maximum Gasteiger partial charge on any atom is 0.248 e. The number of aliphatic hydroxyl groups excluding tert-OH is 1. The Bertz CT molecular complexity index is 587. The number of hydrogen-bond acceptors (Lipinski definition) is 7. The number of sulfonamides is 1. The SMILES string of the molecule is CC(O)c1csc(NS(=O)(=O)CS(C)(=O)=O)n1. The summed E-state index contributed by atoms with van der Waals surface area (Å²) in [6, 6.07) is 0. The minimum absolute atomic E-state index is 0.0320. The zero-order chi connectivity index (χ0) is 13.3. The molecule has 0 amide bonds. The first-order valence-corrected chi connectivity index (χ1v) is 9.00. The molecule has 2 N–H and O–H groups in total. The van der Waals surface area contributed by atoms with Crippen LogP contribution in [0.3, 0.4) is 0 Å². The predicted molar refractivity (Wildman–Crippen MR) is 65.0 cm³/mol. The Kier molecular flexibility index (Phi) is 4.12. The molecule has 0 radical (unpaired) electrons. The highest BCUT2D eigenvalue weighted by Gasteiger charge is 2.19. The van der Waals surface area contributed by atoms with Crippen LogP contribution in [0.1, 0.15) is 18.7 Å². The molecule has 0 spiro atoms. The van der Waals surface area contributed by atoms with Crippen molar-refractivity contribution in [1.29, 1.82) is 0 Å².